The lowest BCUT2D eigenvalue weighted by Crippen LogP contribution is -2.35. The number of hydrogen-bond donors (Lipinski definition) is 2. The van der Waals surface area contributed by atoms with Crippen molar-refractivity contribution in [3.63, 3.8) is 0 Å². The SMILES string of the molecule is O=C(O)C1CCCC1C(=O)NOCc1ccccc1. The van der Waals surface area contributed by atoms with Gasteiger partial charge in [-0.15, -0.1) is 0 Å². The van der Waals surface area contributed by atoms with Crippen LogP contribution in [-0.4, -0.2) is 17.0 Å². The fourth-order valence-corrected chi connectivity index (χ4v) is 2.41. The van der Waals surface area contributed by atoms with Gasteiger partial charge in [-0.25, -0.2) is 5.48 Å². The molecule has 1 amide bonds. The molecule has 2 rings (SSSR count). The molecule has 0 spiro atoms. The molecule has 2 N–H and O–H groups in total. The fraction of sp³-hybridized carbons (Fsp3) is 0.429. The number of hydroxylamine groups is 1. The van der Waals surface area contributed by atoms with Crippen LogP contribution in [0, 0.1) is 11.8 Å². The van der Waals surface area contributed by atoms with Crippen LogP contribution in [0.15, 0.2) is 30.3 Å². The van der Waals surface area contributed by atoms with E-state index < -0.39 is 17.8 Å². The molecule has 1 aliphatic rings. The first-order chi connectivity index (χ1) is 9.18. The van der Waals surface area contributed by atoms with Gasteiger partial charge >= 0.3 is 5.97 Å². The zero-order valence-corrected chi connectivity index (χ0v) is 10.5. The maximum absolute atomic E-state index is 11.9. The number of amides is 1. The first-order valence-electron chi connectivity index (χ1n) is 6.37. The first kappa shape index (κ1) is 13.5. The Morgan fingerprint density at radius 1 is 1.21 bits per heavy atom. The van der Waals surface area contributed by atoms with Crippen LogP contribution in [0.25, 0.3) is 0 Å². The smallest absolute Gasteiger partial charge is 0.307 e. The van der Waals surface area contributed by atoms with Crippen molar-refractivity contribution in [2.45, 2.75) is 25.9 Å². The number of hydrogen-bond acceptors (Lipinski definition) is 3. The van der Waals surface area contributed by atoms with Crippen molar-refractivity contribution in [3.8, 4) is 0 Å². The van der Waals surface area contributed by atoms with Crippen LogP contribution in [-0.2, 0) is 21.0 Å². The number of rotatable bonds is 5. The van der Waals surface area contributed by atoms with E-state index in [-0.39, 0.29) is 12.5 Å². The van der Waals surface area contributed by atoms with E-state index in [4.69, 9.17) is 9.94 Å². The Hall–Kier alpha value is -1.88. The average molecular weight is 263 g/mol. The van der Waals surface area contributed by atoms with Crippen LogP contribution in [0.2, 0.25) is 0 Å². The molecule has 2 atom stereocenters. The van der Waals surface area contributed by atoms with E-state index in [9.17, 15) is 9.59 Å². The first-order valence-corrected chi connectivity index (χ1v) is 6.37. The summed E-state index contributed by atoms with van der Waals surface area (Å²) in [5.74, 6) is -2.30. The van der Waals surface area contributed by atoms with Crippen molar-refractivity contribution in [1.29, 1.82) is 0 Å². The van der Waals surface area contributed by atoms with Crippen molar-refractivity contribution in [2.75, 3.05) is 0 Å². The third kappa shape index (κ3) is 3.54. The van der Waals surface area contributed by atoms with Gasteiger partial charge in [0.05, 0.1) is 18.4 Å². The normalized spacial score (nSPS) is 22.1. The molecule has 5 nitrogen and oxygen atoms in total. The molecule has 19 heavy (non-hydrogen) atoms. The van der Waals surface area contributed by atoms with Gasteiger partial charge in [-0.3, -0.25) is 14.4 Å². The van der Waals surface area contributed by atoms with Crippen LogP contribution >= 0.6 is 0 Å². The number of carboxylic acid groups (broad SMARTS) is 1. The largest absolute Gasteiger partial charge is 0.481 e. The molecule has 0 radical (unpaired) electrons. The third-order valence-electron chi connectivity index (χ3n) is 3.42. The van der Waals surface area contributed by atoms with Gasteiger partial charge in [0.25, 0.3) is 0 Å². The topological polar surface area (TPSA) is 75.6 Å². The Morgan fingerprint density at radius 3 is 2.58 bits per heavy atom. The standard InChI is InChI=1S/C14H17NO4/c16-13(11-7-4-8-12(11)14(17)18)15-19-9-10-5-2-1-3-6-10/h1-3,5-6,11-12H,4,7-9H2,(H,15,16)(H,17,18). The molecule has 1 aliphatic carbocycles. The Labute approximate surface area is 111 Å². The number of carbonyl (C=O) groups excluding carboxylic acids is 1. The van der Waals surface area contributed by atoms with Gasteiger partial charge < -0.3 is 5.11 Å². The average Bonchev–Trinajstić information content (AvgIpc) is 2.89. The predicted molar refractivity (Wildman–Crippen MR) is 67.8 cm³/mol. The second kappa shape index (κ2) is 6.33. The van der Waals surface area contributed by atoms with E-state index in [1.807, 2.05) is 30.3 Å². The predicted octanol–water partition coefficient (Wildman–Crippen LogP) is 1.74. The number of nitrogens with one attached hydrogen (secondary N) is 1. The summed E-state index contributed by atoms with van der Waals surface area (Å²) in [5.41, 5.74) is 3.30. The molecule has 0 aromatic heterocycles. The second-order valence-electron chi connectivity index (χ2n) is 4.72. The number of carboxylic acids is 1. The van der Waals surface area contributed by atoms with Crippen LogP contribution in [0.1, 0.15) is 24.8 Å². The Balaban J connectivity index is 1.80. The summed E-state index contributed by atoms with van der Waals surface area (Å²) in [7, 11) is 0. The number of carbonyl (C=O) groups is 2. The van der Waals surface area contributed by atoms with Gasteiger partial charge in [0.1, 0.15) is 0 Å². The minimum Gasteiger partial charge on any atom is -0.481 e. The monoisotopic (exact) mass is 263 g/mol. The molecule has 102 valence electrons. The third-order valence-corrected chi connectivity index (χ3v) is 3.42. The van der Waals surface area contributed by atoms with Crippen molar-refractivity contribution in [1.82, 2.24) is 5.48 Å². The summed E-state index contributed by atoms with van der Waals surface area (Å²) in [5, 5.41) is 9.02. The highest BCUT2D eigenvalue weighted by Crippen LogP contribution is 2.31. The minimum absolute atomic E-state index is 0.275. The highest BCUT2D eigenvalue weighted by atomic mass is 16.6. The molecule has 5 heteroatoms. The fourth-order valence-electron chi connectivity index (χ4n) is 2.41. The summed E-state index contributed by atoms with van der Waals surface area (Å²) in [6, 6.07) is 9.46. The highest BCUT2D eigenvalue weighted by molar-refractivity contribution is 5.84. The number of aliphatic carboxylic acids is 1. The van der Waals surface area contributed by atoms with Gasteiger partial charge in [0, 0.05) is 0 Å². The van der Waals surface area contributed by atoms with Gasteiger partial charge in [-0.1, -0.05) is 36.8 Å². The van der Waals surface area contributed by atoms with E-state index in [1.165, 1.54) is 0 Å². The highest BCUT2D eigenvalue weighted by Gasteiger charge is 2.37. The van der Waals surface area contributed by atoms with Crippen LogP contribution < -0.4 is 5.48 Å². The van der Waals surface area contributed by atoms with Gasteiger partial charge in [0.2, 0.25) is 5.91 Å². The molecule has 0 heterocycles. The van der Waals surface area contributed by atoms with Crippen molar-refractivity contribution < 1.29 is 19.5 Å². The lowest BCUT2D eigenvalue weighted by Gasteiger charge is -2.15. The molecular formula is C14H17NO4. The molecule has 0 aliphatic heterocycles. The number of benzene rings is 1. The van der Waals surface area contributed by atoms with E-state index in [0.29, 0.717) is 12.8 Å². The molecule has 0 bridgehead atoms. The molecular weight excluding hydrogens is 246 g/mol. The summed E-state index contributed by atoms with van der Waals surface area (Å²) >= 11 is 0. The van der Waals surface area contributed by atoms with E-state index >= 15 is 0 Å². The van der Waals surface area contributed by atoms with Crippen molar-refractivity contribution >= 4 is 11.9 Å². The summed E-state index contributed by atoms with van der Waals surface area (Å²) < 4.78 is 0. The van der Waals surface area contributed by atoms with Crippen LogP contribution in [0.3, 0.4) is 0 Å². The van der Waals surface area contributed by atoms with Crippen LogP contribution in [0.4, 0.5) is 0 Å². The zero-order valence-electron chi connectivity index (χ0n) is 10.5. The van der Waals surface area contributed by atoms with Gasteiger partial charge in [-0.05, 0) is 18.4 Å². The Morgan fingerprint density at radius 2 is 1.89 bits per heavy atom. The van der Waals surface area contributed by atoms with Gasteiger partial charge in [-0.2, -0.15) is 0 Å². The molecule has 0 saturated heterocycles. The summed E-state index contributed by atoms with van der Waals surface area (Å²) in [6.45, 7) is 0.275. The van der Waals surface area contributed by atoms with E-state index in [2.05, 4.69) is 5.48 Å². The summed E-state index contributed by atoms with van der Waals surface area (Å²) in [6.07, 6.45) is 1.94. The molecule has 1 saturated carbocycles. The maximum atomic E-state index is 11.9. The quantitative estimate of drug-likeness (QED) is 0.793. The molecule has 1 aromatic rings. The van der Waals surface area contributed by atoms with E-state index in [1.54, 1.807) is 0 Å². The molecule has 2 unspecified atom stereocenters. The second-order valence-corrected chi connectivity index (χ2v) is 4.72. The van der Waals surface area contributed by atoms with Crippen LogP contribution in [0.5, 0.6) is 0 Å². The van der Waals surface area contributed by atoms with Crippen molar-refractivity contribution in [3.05, 3.63) is 35.9 Å². The van der Waals surface area contributed by atoms with Gasteiger partial charge in [0.15, 0.2) is 0 Å². The maximum Gasteiger partial charge on any atom is 0.307 e. The van der Waals surface area contributed by atoms with E-state index in [0.717, 1.165) is 12.0 Å². The lowest BCUT2D eigenvalue weighted by molar-refractivity contribution is -0.150. The zero-order chi connectivity index (χ0) is 13.7. The molecule has 1 fully saturated rings. The lowest BCUT2D eigenvalue weighted by atomic mass is 9.96. The Kier molecular flexibility index (Phi) is 4.52. The minimum atomic E-state index is -0.902. The van der Waals surface area contributed by atoms with Crippen molar-refractivity contribution in [2.24, 2.45) is 11.8 Å². The Bertz CT molecular complexity index is 446. The molecule has 1 aromatic carbocycles. The summed E-state index contributed by atoms with van der Waals surface area (Å²) in [4.78, 5) is 28.0.